The molecule has 1 amide bonds. The number of carbonyl (C=O) groups excluding carboxylic acids is 1. The first-order valence-electron chi connectivity index (χ1n) is 10.4. The van der Waals surface area contributed by atoms with E-state index in [9.17, 15) is 4.79 Å². The third-order valence-electron chi connectivity index (χ3n) is 5.01. The SMILES string of the molecule is COCc1nc(OC)c2c(C)c(C(=O)Nc3ccc(OC)c(OCc4cccnc4)c3)sc2n1. The van der Waals surface area contributed by atoms with Crippen molar-refractivity contribution >= 4 is 33.1 Å². The van der Waals surface area contributed by atoms with Gasteiger partial charge in [-0.25, -0.2) is 4.98 Å². The molecular formula is C24H24N4O5S. The Bertz CT molecular complexity index is 1310. The van der Waals surface area contributed by atoms with Crippen molar-refractivity contribution in [1.82, 2.24) is 15.0 Å². The van der Waals surface area contributed by atoms with Crippen LogP contribution in [0.15, 0.2) is 42.7 Å². The Hall–Kier alpha value is -3.76. The van der Waals surface area contributed by atoms with Gasteiger partial charge in [0.1, 0.15) is 18.0 Å². The van der Waals surface area contributed by atoms with Crippen molar-refractivity contribution in [1.29, 1.82) is 0 Å². The number of carbonyl (C=O) groups is 1. The lowest BCUT2D eigenvalue weighted by molar-refractivity contribution is 0.103. The van der Waals surface area contributed by atoms with Gasteiger partial charge in [0.2, 0.25) is 5.88 Å². The van der Waals surface area contributed by atoms with Crippen LogP contribution >= 0.6 is 11.3 Å². The van der Waals surface area contributed by atoms with Crippen molar-refractivity contribution in [2.45, 2.75) is 20.1 Å². The van der Waals surface area contributed by atoms with Gasteiger partial charge >= 0.3 is 0 Å². The predicted octanol–water partition coefficient (Wildman–Crippen LogP) is 4.39. The van der Waals surface area contributed by atoms with E-state index in [1.54, 1.807) is 51.9 Å². The molecule has 0 radical (unpaired) electrons. The van der Waals surface area contributed by atoms with Crippen LogP contribution in [0.25, 0.3) is 10.2 Å². The highest BCUT2D eigenvalue weighted by atomic mass is 32.1. The summed E-state index contributed by atoms with van der Waals surface area (Å²) < 4.78 is 21.9. The molecule has 10 heteroatoms. The number of benzene rings is 1. The molecule has 1 aromatic carbocycles. The number of hydrogen-bond donors (Lipinski definition) is 1. The number of nitrogens with zero attached hydrogens (tertiary/aromatic N) is 3. The minimum absolute atomic E-state index is 0.248. The number of thiophene rings is 1. The average molecular weight is 481 g/mol. The van der Waals surface area contributed by atoms with Crippen molar-refractivity contribution < 1.29 is 23.7 Å². The molecule has 4 rings (SSSR count). The number of aryl methyl sites for hydroxylation is 1. The molecule has 0 saturated carbocycles. The highest BCUT2D eigenvalue weighted by Gasteiger charge is 2.21. The Morgan fingerprint density at radius 1 is 1.06 bits per heavy atom. The quantitative estimate of drug-likeness (QED) is 0.376. The molecule has 176 valence electrons. The highest BCUT2D eigenvalue weighted by Crippen LogP contribution is 2.36. The number of ether oxygens (including phenoxy) is 4. The Labute approximate surface area is 200 Å². The molecule has 3 aromatic heterocycles. The van der Waals surface area contributed by atoms with Gasteiger partial charge in [0, 0.05) is 36.8 Å². The van der Waals surface area contributed by atoms with E-state index in [1.165, 1.54) is 11.3 Å². The minimum Gasteiger partial charge on any atom is -0.493 e. The standard InChI is InChI=1S/C24H24N4O5S/c1-14-20-23(32-4)27-19(13-30-2)28-24(20)34-21(14)22(29)26-16-7-8-17(31-3)18(10-16)33-12-15-6-5-9-25-11-15/h5-11H,12-13H2,1-4H3,(H,26,29). The molecule has 1 N–H and O–H groups in total. The maximum Gasteiger partial charge on any atom is 0.266 e. The van der Waals surface area contributed by atoms with Crippen molar-refractivity contribution in [2.75, 3.05) is 26.6 Å². The smallest absolute Gasteiger partial charge is 0.266 e. The van der Waals surface area contributed by atoms with Crippen molar-refractivity contribution in [3.8, 4) is 17.4 Å². The third-order valence-corrected chi connectivity index (χ3v) is 6.20. The molecule has 4 aromatic rings. The maximum atomic E-state index is 13.2. The molecule has 0 saturated heterocycles. The topological polar surface area (TPSA) is 105 Å². The Kier molecular flexibility index (Phi) is 7.19. The summed E-state index contributed by atoms with van der Waals surface area (Å²) in [5, 5.41) is 3.65. The van der Waals surface area contributed by atoms with Gasteiger partial charge in [-0.15, -0.1) is 11.3 Å². The van der Waals surface area contributed by atoms with E-state index >= 15 is 0 Å². The van der Waals surface area contributed by atoms with E-state index < -0.39 is 0 Å². The van der Waals surface area contributed by atoms with E-state index in [4.69, 9.17) is 18.9 Å². The van der Waals surface area contributed by atoms with Crippen LogP contribution in [0, 0.1) is 6.92 Å². The predicted molar refractivity (Wildman–Crippen MR) is 129 cm³/mol. The van der Waals surface area contributed by atoms with E-state index in [1.807, 2.05) is 19.1 Å². The lowest BCUT2D eigenvalue weighted by Crippen LogP contribution is -2.11. The summed E-state index contributed by atoms with van der Waals surface area (Å²) in [6.07, 6.45) is 3.44. The van der Waals surface area contributed by atoms with E-state index in [0.29, 0.717) is 50.6 Å². The van der Waals surface area contributed by atoms with Gasteiger partial charge in [0.15, 0.2) is 17.3 Å². The molecule has 0 atom stereocenters. The number of methoxy groups -OCH3 is 3. The number of nitrogens with one attached hydrogen (secondary N) is 1. The number of anilines is 1. The molecule has 34 heavy (non-hydrogen) atoms. The summed E-state index contributed by atoms with van der Waals surface area (Å²) in [7, 11) is 4.68. The summed E-state index contributed by atoms with van der Waals surface area (Å²) in [4.78, 5) is 27.3. The first kappa shape index (κ1) is 23.4. The molecule has 0 fully saturated rings. The molecule has 0 aliphatic rings. The van der Waals surface area contributed by atoms with Crippen LogP contribution in [0.2, 0.25) is 0 Å². The summed E-state index contributed by atoms with van der Waals surface area (Å²) in [6, 6.07) is 9.00. The monoisotopic (exact) mass is 480 g/mol. The zero-order chi connectivity index (χ0) is 24.1. The Morgan fingerprint density at radius 2 is 1.91 bits per heavy atom. The van der Waals surface area contributed by atoms with E-state index in [0.717, 1.165) is 11.1 Å². The second kappa shape index (κ2) is 10.4. The van der Waals surface area contributed by atoms with Crippen molar-refractivity contribution in [3.63, 3.8) is 0 Å². The highest BCUT2D eigenvalue weighted by molar-refractivity contribution is 7.20. The number of rotatable bonds is 9. The summed E-state index contributed by atoms with van der Waals surface area (Å²) in [5.74, 6) is 1.71. The van der Waals surface area contributed by atoms with Gasteiger partial charge in [-0.2, -0.15) is 4.98 Å². The first-order chi connectivity index (χ1) is 16.5. The average Bonchev–Trinajstić information content (AvgIpc) is 3.19. The lowest BCUT2D eigenvalue weighted by Gasteiger charge is -2.13. The Balaban J connectivity index is 1.59. The van der Waals surface area contributed by atoms with Crippen LogP contribution in [0.4, 0.5) is 5.69 Å². The van der Waals surface area contributed by atoms with Crippen LogP contribution in [-0.2, 0) is 18.0 Å². The maximum absolute atomic E-state index is 13.2. The van der Waals surface area contributed by atoms with Crippen LogP contribution in [-0.4, -0.2) is 42.2 Å². The number of hydrogen-bond acceptors (Lipinski definition) is 9. The molecule has 0 aliphatic heterocycles. The number of fused-ring (bicyclic) bond motifs is 1. The molecular weight excluding hydrogens is 456 g/mol. The van der Waals surface area contributed by atoms with Gasteiger partial charge in [-0.3, -0.25) is 9.78 Å². The zero-order valence-electron chi connectivity index (χ0n) is 19.2. The molecule has 0 spiro atoms. The molecule has 0 unspecified atom stereocenters. The fourth-order valence-electron chi connectivity index (χ4n) is 3.40. The van der Waals surface area contributed by atoms with E-state index in [2.05, 4.69) is 20.3 Å². The van der Waals surface area contributed by atoms with Crippen LogP contribution in [0.3, 0.4) is 0 Å². The molecule has 0 aliphatic carbocycles. The second-order valence-corrected chi connectivity index (χ2v) is 8.29. The van der Waals surface area contributed by atoms with Gasteiger partial charge in [-0.05, 0) is 30.7 Å². The van der Waals surface area contributed by atoms with Crippen molar-refractivity contribution in [3.05, 3.63) is 64.6 Å². The van der Waals surface area contributed by atoms with Gasteiger partial charge in [0.25, 0.3) is 5.91 Å². The van der Waals surface area contributed by atoms with Crippen LogP contribution in [0.5, 0.6) is 17.4 Å². The second-order valence-electron chi connectivity index (χ2n) is 7.29. The van der Waals surface area contributed by atoms with Gasteiger partial charge in [-0.1, -0.05) is 6.07 Å². The van der Waals surface area contributed by atoms with Gasteiger partial charge in [0.05, 0.1) is 24.5 Å². The zero-order valence-corrected chi connectivity index (χ0v) is 20.1. The number of amides is 1. The summed E-state index contributed by atoms with van der Waals surface area (Å²) >= 11 is 1.28. The van der Waals surface area contributed by atoms with E-state index in [-0.39, 0.29) is 12.5 Å². The summed E-state index contributed by atoms with van der Waals surface area (Å²) in [5.41, 5.74) is 2.24. The Morgan fingerprint density at radius 3 is 2.62 bits per heavy atom. The fraction of sp³-hybridized carbons (Fsp3) is 0.250. The summed E-state index contributed by atoms with van der Waals surface area (Å²) in [6.45, 7) is 2.42. The minimum atomic E-state index is -0.265. The van der Waals surface area contributed by atoms with Crippen molar-refractivity contribution in [2.24, 2.45) is 0 Å². The molecule has 9 nitrogen and oxygen atoms in total. The van der Waals surface area contributed by atoms with Gasteiger partial charge < -0.3 is 24.3 Å². The largest absolute Gasteiger partial charge is 0.493 e. The fourth-order valence-corrected chi connectivity index (χ4v) is 4.49. The molecule has 0 bridgehead atoms. The van der Waals surface area contributed by atoms with Crippen LogP contribution in [0.1, 0.15) is 26.6 Å². The number of aromatic nitrogens is 3. The third kappa shape index (κ3) is 4.92. The first-order valence-corrected chi connectivity index (χ1v) is 11.2. The number of pyridine rings is 1. The lowest BCUT2D eigenvalue weighted by atomic mass is 10.2. The molecule has 3 heterocycles. The normalized spacial score (nSPS) is 10.8. The van der Waals surface area contributed by atoms with Crippen LogP contribution < -0.4 is 19.5 Å².